The van der Waals surface area contributed by atoms with Crippen LogP contribution in [-0.4, -0.2) is 55.8 Å². The smallest absolute Gasteiger partial charge is 0.309 e. The minimum absolute atomic E-state index is 0.178. The molecule has 5 rings (SSSR count). The van der Waals surface area contributed by atoms with Crippen molar-refractivity contribution in [2.45, 2.75) is 46.2 Å². The van der Waals surface area contributed by atoms with E-state index in [4.69, 9.17) is 4.74 Å². The van der Waals surface area contributed by atoms with E-state index in [1.165, 1.54) is 12.1 Å². The summed E-state index contributed by atoms with van der Waals surface area (Å²) in [6, 6.07) is 11.6. The Morgan fingerprint density at radius 2 is 1.84 bits per heavy atom. The first-order chi connectivity index (χ1) is 18.3. The SMILES string of the molecule is CCOC(=O)C1CCN([C@@H](c2cc3cc(C)c(C)cc3[nH]c2=O)c2nnnn2Cc2ccc(F)cc2)CC1. The summed E-state index contributed by atoms with van der Waals surface area (Å²) in [5.74, 6) is -0.166. The summed E-state index contributed by atoms with van der Waals surface area (Å²) in [6.07, 6.45) is 1.22. The number of esters is 1. The predicted molar refractivity (Wildman–Crippen MR) is 140 cm³/mol. The van der Waals surface area contributed by atoms with Gasteiger partial charge >= 0.3 is 5.97 Å². The molecule has 0 amide bonds. The predicted octanol–water partition coefficient (Wildman–Crippen LogP) is 3.68. The lowest BCUT2D eigenvalue weighted by atomic mass is 9.93. The molecule has 0 unspecified atom stereocenters. The standard InChI is InChI=1S/C28H31FN6O3/c1-4-38-28(37)20-9-11-34(12-10-20)25(23-15-21-13-17(2)18(3)14-24(21)30-27(23)36)26-31-32-33-35(26)16-19-5-7-22(29)8-6-19/h5-8,13-15,20,25H,4,9-12,16H2,1-3H3,(H,30,36)/t25-/m0/s1. The van der Waals surface area contributed by atoms with Gasteiger partial charge in [0.05, 0.1) is 19.1 Å². The maximum absolute atomic E-state index is 13.5. The van der Waals surface area contributed by atoms with Crippen LogP contribution in [0.4, 0.5) is 4.39 Å². The monoisotopic (exact) mass is 518 g/mol. The Hall–Kier alpha value is -3.92. The van der Waals surface area contributed by atoms with E-state index >= 15 is 0 Å². The number of pyridine rings is 1. The Labute approximate surface area is 219 Å². The van der Waals surface area contributed by atoms with Crippen LogP contribution >= 0.6 is 0 Å². The molecular weight excluding hydrogens is 487 g/mol. The fourth-order valence-electron chi connectivity index (χ4n) is 5.13. The van der Waals surface area contributed by atoms with E-state index in [2.05, 4.69) is 31.5 Å². The number of H-pyrrole nitrogens is 1. The Kier molecular flexibility index (Phi) is 7.33. The van der Waals surface area contributed by atoms with E-state index in [1.807, 2.05) is 26.0 Å². The van der Waals surface area contributed by atoms with Crippen LogP contribution in [0, 0.1) is 25.6 Å². The van der Waals surface area contributed by atoms with Crippen molar-refractivity contribution in [3.63, 3.8) is 0 Å². The minimum Gasteiger partial charge on any atom is -0.466 e. The van der Waals surface area contributed by atoms with Crippen LogP contribution in [0.2, 0.25) is 0 Å². The molecule has 1 fully saturated rings. The van der Waals surface area contributed by atoms with Crippen LogP contribution in [-0.2, 0) is 16.1 Å². The quantitative estimate of drug-likeness (QED) is 0.372. The number of likely N-dealkylation sites (tertiary alicyclic amines) is 1. The van der Waals surface area contributed by atoms with Gasteiger partial charge in [0.25, 0.3) is 5.56 Å². The van der Waals surface area contributed by atoms with Gasteiger partial charge in [-0.3, -0.25) is 14.5 Å². The van der Waals surface area contributed by atoms with E-state index < -0.39 is 6.04 Å². The maximum Gasteiger partial charge on any atom is 0.309 e. The summed E-state index contributed by atoms with van der Waals surface area (Å²) in [4.78, 5) is 31.1. The Balaban J connectivity index is 1.55. The number of hydrogen-bond donors (Lipinski definition) is 1. The number of tetrazole rings is 1. The number of carbonyl (C=O) groups is 1. The zero-order valence-corrected chi connectivity index (χ0v) is 21.8. The lowest BCUT2D eigenvalue weighted by Gasteiger charge is -2.36. The van der Waals surface area contributed by atoms with Gasteiger partial charge in [-0.05, 0) is 96.4 Å². The number of halogens is 1. The van der Waals surface area contributed by atoms with Crippen LogP contribution in [0.15, 0.2) is 47.3 Å². The second kappa shape index (κ2) is 10.8. The van der Waals surface area contributed by atoms with Crippen molar-refractivity contribution in [1.82, 2.24) is 30.1 Å². The van der Waals surface area contributed by atoms with Gasteiger partial charge in [-0.1, -0.05) is 12.1 Å². The van der Waals surface area contributed by atoms with Gasteiger partial charge < -0.3 is 9.72 Å². The van der Waals surface area contributed by atoms with Gasteiger partial charge in [-0.15, -0.1) is 5.10 Å². The van der Waals surface area contributed by atoms with Crippen molar-refractivity contribution in [3.8, 4) is 0 Å². The van der Waals surface area contributed by atoms with E-state index in [9.17, 15) is 14.0 Å². The summed E-state index contributed by atoms with van der Waals surface area (Å²) in [6.45, 7) is 7.68. The lowest BCUT2D eigenvalue weighted by molar-refractivity contribution is -0.149. The van der Waals surface area contributed by atoms with Crippen molar-refractivity contribution in [1.29, 1.82) is 0 Å². The fourth-order valence-corrected chi connectivity index (χ4v) is 5.13. The van der Waals surface area contributed by atoms with Gasteiger partial charge in [-0.25, -0.2) is 9.07 Å². The van der Waals surface area contributed by atoms with Crippen molar-refractivity contribution in [2.24, 2.45) is 5.92 Å². The summed E-state index contributed by atoms with van der Waals surface area (Å²) >= 11 is 0. The van der Waals surface area contributed by atoms with Gasteiger partial charge in [0.15, 0.2) is 5.82 Å². The molecule has 1 aliphatic rings. The highest BCUT2D eigenvalue weighted by atomic mass is 19.1. The molecule has 1 atom stereocenters. The number of aryl methyl sites for hydroxylation is 2. The normalized spacial score (nSPS) is 15.6. The highest BCUT2D eigenvalue weighted by Crippen LogP contribution is 2.32. The average Bonchev–Trinajstić information content (AvgIpc) is 3.35. The molecular formula is C28H31FN6O3. The number of nitrogens with zero attached hydrogens (tertiary/aromatic N) is 5. The Morgan fingerprint density at radius 1 is 1.13 bits per heavy atom. The summed E-state index contributed by atoms with van der Waals surface area (Å²) in [5.41, 5.74) is 4.15. The van der Waals surface area contributed by atoms with Crippen LogP contribution in [0.1, 0.15) is 53.9 Å². The first-order valence-electron chi connectivity index (χ1n) is 12.9. The molecule has 1 aliphatic heterocycles. The largest absolute Gasteiger partial charge is 0.466 e. The molecule has 2 aromatic heterocycles. The van der Waals surface area contributed by atoms with Crippen LogP contribution in [0.3, 0.4) is 0 Å². The highest BCUT2D eigenvalue weighted by Gasteiger charge is 2.35. The number of hydrogen-bond acceptors (Lipinski definition) is 7. The molecule has 0 aliphatic carbocycles. The zero-order valence-electron chi connectivity index (χ0n) is 21.8. The molecule has 10 heteroatoms. The van der Waals surface area contributed by atoms with Crippen LogP contribution < -0.4 is 5.56 Å². The number of carbonyl (C=O) groups excluding carboxylic acids is 1. The first kappa shape index (κ1) is 25.7. The van der Waals surface area contributed by atoms with Gasteiger partial charge in [-0.2, -0.15) is 0 Å². The van der Waals surface area contributed by atoms with Gasteiger partial charge in [0.2, 0.25) is 0 Å². The number of aromatic amines is 1. The van der Waals surface area contributed by atoms with Gasteiger partial charge in [0.1, 0.15) is 11.9 Å². The minimum atomic E-state index is -0.539. The van der Waals surface area contributed by atoms with Crippen molar-refractivity contribution < 1.29 is 13.9 Å². The summed E-state index contributed by atoms with van der Waals surface area (Å²) < 4.78 is 20.4. The van der Waals surface area contributed by atoms with Crippen LogP contribution in [0.5, 0.6) is 0 Å². The van der Waals surface area contributed by atoms with Crippen molar-refractivity contribution >= 4 is 16.9 Å². The molecule has 0 bridgehead atoms. The topological polar surface area (TPSA) is 106 Å². The molecule has 38 heavy (non-hydrogen) atoms. The van der Waals surface area contributed by atoms with Crippen molar-refractivity contribution in [3.05, 3.63) is 86.7 Å². The molecule has 4 aromatic rings. The van der Waals surface area contributed by atoms with Gasteiger partial charge in [0, 0.05) is 24.2 Å². The Morgan fingerprint density at radius 3 is 2.55 bits per heavy atom. The number of ether oxygens (including phenoxy) is 1. The Bertz CT molecular complexity index is 1510. The molecule has 1 N–H and O–H groups in total. The molecule has 3 heterocycles. The molecule has 0 spiro atoms. The van der Waals surface area contributed by atoms with E-state index in [0.29, 0.717) is 50.5 Å². The fraction of sp³-hybridized carbons (Fsp3) is 0.393. The van der Waals surface area contributed by atoms with Crippen molar-refractivity contribution in [2.75, 3.05) is 19.7 Å². The average molecular weight is 519 g/mol. The van der Waals surface area contributed by atoms with E-state index in [-0.39, 0.29) is 23.3 Å². The number of rotatable bonds is 7. The first-order valence-corrected chi connectivity index (χ1v) is 12.9. The number of aromatic nitrogens is 5. The molecule has 0 radical (unpaired) electrons. The molecule has 9 nitrogen and oxygen atoms in total. The summed E-state index contributed by atoms with van der Waals surface area (Å²) in [5, 5.41) is 13.4. The third kappa shape index (κ3) is 5.22. The van der Waals surface area contributed by atoms with E-state index in [0.717, 1.165) is 27.6 Å². The molecule has 0 saturated carbocycles. The molecule has 198 valence electrons. The second-order valence-corrected chi connectivity index (χ2v) is 9.86. The van der Waals surface area contributed by atoms with E-state index in [1.54, 1.807) is 23.7 Å². The number of nitrogens with one attached hydrogen (secondary N) is 1. The zero-order chi connectivity index (χ0) is 26.8. The maximum atomic E-state index is 13.5. The summed E-state index contributed by atoms with van der Waals surface area (Å²) in [7, 11) is 0. The van der Waals surface area contributed by atoms with Crippen LogP contribution in [0.25, 0.3) is 10.9 Å². The second-order valence-electron chi connectivity index (χ2n) is 9.86. The highest BCUT2D eigenvalue weighted by molar-refractivity contribution is 5.81. The molecule has 1 saturated heterocycles. The third-order valence-electron chi connectivity index (χ3n) is 7.35. The lowest BCUT2D eigenvalue weighted by Crippen LogP contribution is -2.42. The third-order valence-corrected chi connectivity index (χ3v) is 7.35. The number of fused-ring (bicyclic) bond motifs is 1. The number of benzene rings is 2. The number of piperidine rings is 1. The molecule has 2 aromatic carbocycles.